The van der Waals surface area contributed by atoms with E-state index in [1.807, 2.05) is 0 Å². The van der Waals surface area contributed by atoms with Crippen molar-refractivity contribution in [3.05, 3.63) is 17.1 Å². The van der Waals surface area contributed by atoms with Gasteiger partial charge in [-0.2, -0.15) is 0 Å². The fourth-order valence-corrected chi connectivity index (χ4v) is 4.14. The van der Waals surface area contributed by atoms with Gasteiger partial charge in [-0.15, -0.1) is 0 Å². The summed E-state index contributed by atoms with van der Waals surface area (Å²) in [6.07, 6.45) is 2.41. The summed E-state index contributed by atoms with van der Waals surface area (Å²) in [5.41, 5.74) is 0.342. The minimum absolute atomic E-state index is 0.0805. The highest BCUT2D eigenvalue weighted by Gasteiger charge is 2.29. The number of nitrogens with one attached hydrogen (secondary N) is 1. The van der Waals surface area contributed by atoms with Crippen molar-refractivity contribution in [3.8, 4) is 0 Å². The van der Waals surface area contributed by atoms with E-state index >= 15 is 0 Å². The molecule has 2 rings (SSSR count). The molecule has 0 unspecified atom stereocenters. The van der Waals surface area contributed by atoms with Crippen molar-refractivity contribution in [3.63, 3.8) is 0 Å². The largest absolute Gasteiger partial charge is 0.465 e. The molecule has 7 heteroatoms. The molecule has 0 spiro atoms. The Morgan fingerprint density at radius 2 is 2.00 bits per heavy atom. The third-order valence-corrected chi connectivity index (χ3v) is 5.57. The molecule has 1 saturated carbocycles. The van der Waals surface area contributed by atoms with Crippen molar-refractivity contribution < 1.29 is 17.9 Å². The van der Waals surface area contributed by atoms with Gasteiger partial charge in [-0.25, -0.2) is 13.1 Å². The van der Waals surface area contributed by atoms with E-state index in [2.05, 4.69) is 16.5 Å². The summed E-state index contributed by atoms with van der Waals surface area (Å²) in [5.74, 6) is 0.766. The zero-order valence-electron chi connectivity index (χ0n) is 12.8. The lowest BCUT2D eigenvalue weighted by molar-refractivity contribution is 0.276. The Morgan fingerprint density at radius 3 is 2.52 bits per heavy atom. The van der Waals surface area contributed by atoms with Crippen LogP contribution in [0.2, 0.25) is 0 Å². The second-order valence-corrected chi connectivity index (χ2v) is 7.14. The van der Waals surface area contributed by atoms with E-state index in [-0.39, 0.29) is 11.5 Å². The molecule has 120 valence electrons. The van der Waals surface area contributed by atoms with Crippen LogP contribution in [-0.4, -0.2) is 44.1 Å². The maximum Gasteiger partial charge on any atom is 0.244 e. The van der Waals surface area contributed by atoms with Crippen LogP contribution < -0.4 is 4.72 Å². The van der Waals surface area contributed by atoms with Crippen molar-refractivity contribution in [2.75, 3.05) is 19.6 Å². The molecule has 0 atom stereocenters. The van der Waals surface area contributed by atoms with Gasteiger partial charge in [0.25, 0.3) is 0 Å². The molecule has 1 aliphatic rings. The van der Waals surface area contributed by atoms with Gasteiger partial charge in [-0.1, -0.05) is 6.92 Å². The number of furan rings is 1. The summed E-state index contributed by atoms with van der Waals surface area (Å²) in [6.45, 7) is 6.99. The number of sulfonamides is 1. The van der Waals surface area contributed by atoms with Crippen LogP contribution in [0.5, 0.6) is 0 Å². The van der Waals surface area contributed by atoms with Gasteiger partial charge in [0.2, 0.25) is 10.0 Å². The van der Waals surface area contributed by atoms with E-state index in [1.165, 1.54) is 12.8 Å². The molecule has 0 radical (unpaired) electrons. The average Bonchev–Trinajstić information content (AvgIpc) is 3.20. The van der Waals surface area contributed by atoms with E-state index in [1.54, 1.807) is 13.8 Å². The molecule has 0 bridgehead atoms. The molecule has 1 fully saturated rings. The molecule has 0 amide bonds. The lowest BCUT2D eigenvalue weighted by Gasteiger charge is -2.19. The van der Waals surface area contributed by atoms with Gasteiger partial charge in [-0.05, 0) is 33.2 Å². The van der Waals surface area contributed by atoms with E-state index in [0.717, 1.165) is 6.54 Å². The normalized spacial score (nSPS) is 15.9. The number of likely N-dealkylation sites (N-methyl/N-ethyl adjacent to an activating group) is 1. The Balaban J connectivity index is 2.04. The highest BCUT2D eigenvalue weighted by Crippen LogP contribution is 2.27. The standard InChI is InChI=1S/C14H24N2O4S/c1-4-16(12-5-6-12)8-7-15-21(18,19)14-11(3)20-10(2)13(14)9-17/h12,15,17H,4-9H2,1-3H3. The molecular formula is C14H24N2O4S. The van der Waals surface area contributed by atoms with Crippen LogP contribution >= 0.6 is 0 Å². The molecule has 0 saturated heterocycles. The van der Waals surface area contributed by atoms with Gasteiger partial charge in [0.1, 0.15) is 16.4 Å². The van der Waals surface area contributed by atoms with Crippen LogP contribution in [0.15, 0.2) is 9.31 Å². The van der Waals surface area contributed by atoms with Crippen LogP contribution in [0.4, 0.5) is 0 Å². The molecule has 2 N–H and O–H groups in total. The predicted molar refractivity (Wildman–Crippen MR) is 79.6 cm³/mol. The van der Waals surface area contributed by atoms with Gasteiger partial charge < -0.3 is 9.52 Å². The van der Waals surface area contributed by atoms with Crippen molar-refractivity contribution >= 4 is 10.0 Å². The second kappa shape index (κ2) is 6.48. The molecule has 1 aliphatic carbocycles. The average molecular weight is 316 g/mol. The molecule has 1 heterocycles. The monoisotopic (exact) mass is 316 g/mol. The number of rotatable bonds is 8. The lowest BCUT2D eigenvalue weighted by Crippen LogP contribution is -2.36. The summed E-state index contributed by atoms with van der Waals surface area (Å²) < 4.78 is 32.7. The Morgan fingerprint density at radius 1 is 1.33 bits per heavy atom. The summed E-state index contributed by atoms with van der Waals surface area (Å²) in [4.78, 5) is 2.36. The smallest absolute Gasteiger partial charge is 0.244 e. The number of aryl methyl sites for hydroxylation is 2. The second-order valence-electron chi connectivity index (χ2n) is 5.44. The highest BCUT2D eigenvalue weighted by atomic mass is 32.2. The molecule has 0 aromatic carbocycles. The summed E-state index contributed by atoms with van der Waals surface area (Å²) in [7, 11) is -3.65. The first-order valence-electron chi connectivity index (χ1n) is 7.34. The van der Waals surface area contributed by atoms with Crippen molar-refractivity contribution in [2.45, 2.75) is 51.2 Å². The minimum atomic E-state index is -3.65. The van der Waals surface area contributed by atoms with Crippen LogP contribution in [0.1, 0.15) is 36.8 Å². The Hall–Kier alpha value is -0.890. The van der Waals surface area contributed by atoms with Crippen LogP contribution in [0.3, 0.4) is 0 Å². The summed E-state index contributed by atoms with van der Waals surface area (Å²) in [5, 5.41) is 9.35. The van der Waals surface area contributed by atoms with Gasteiger partial charge in [-0.3, -0.25) is 4.90 Å². The van der Waals surface area contributed by atoms with Gasteiger partial charge in [0.15, 0.2) is 0 Å². The van der Waals surface area contributed by atoms with Crippen molar-refractivity contribution in [1.29, 1.82) is 0 Å². The molecule has 21 heavy (non-hydrogen) atoms. The Labute approximate surface area is 126 Å². The summed E-state index contributed by atoms with van der Waals surface area (Å²) in [6, 6.07) is 0.616. The van der Waals surface area contributed by atoms with Crippen LogP contribution in [0, 0.1) is 13.8 Å². The maximum absolute atomic E-state index is 12.4. The third-order valence-electron chi connectivity index (χ3n) is 3.91. The van der Waals surface area contributed by atoms with Crippen LogP contribution in [-0.2, 0) is 16.6 Å². The molecule has 6 nitrogen and oxygen atoms in total. The first-order chi connectivity index (χ1) is 9.90. The van der Waals surface area contributed by atoms with Crippen molar-refractivity contribution in [2.24, 2.45) is 0 Å². The van der Waals surface area contributed by atoms with Gasteiger partial charge in [0, 0.05) is 24.7 Å². The topological polar surface area (TPSA) is 82.8 Å². The summed E-state index contributed by atoms with van der Waals surface area (Å²) >= 11 is 0. The third kappa shape index (κ3) is 3.66. The molecule has 1 aromatic heterocycles. The van der Waals surface area contributed by atoms with E-state index < -0.39 is 10.0 Å². The van der Waals surface area contributed by atoms with Gasteiger partial charge in [0.05, 0.1) is 6.61 Å². The zero-order valence-corrected chi connectivity index (χ0v) is 13.7. The fraction of sp³-hybridized carbons (Fsp3) is 0.714. The number of aliphatic hydroxyl groups is 1. The SMILES string of the molecule is CCN(CCNS(=O)(=O)c1c(C)oc(C)c1CO)C1CC1. The molecule has 0 aliphatic heterocycles. The quantitative estimate of drug-likeness (QED) is 0.752. The zero-order chi connectivity index (χ0) is 15.6. The number of aliphatic hydroxyl groups excluding tert-OH is 1. The van der Waals surface area contributed by atoms with E-state index in [4.69, 9.17) is 4.42 Å². The Bertz CT molecular complexity index is 590. The van der Waals surface area contributed by atoms with Gasteiger partial charge >= 0.3 is 0 Å². The predicted octanol–water partition coefficient (Wildman–Crippen LogP) is 1.15. The first kappa shape index (κ1) is 16.5. The molecule has 1 aromatic rings. The van der Waals surface area contributed by atoms with Crippen LogP contribution in [0.25, 0.3) is 0 Å². The first-order valence-corrected chi connectivity index (χ1v) is 8.82. The fourth-order valence-electron chi connectivity index (χ4n) is 2.68. The van der Waals surface area contributed by atoms with Crippen molar-refractivity contribution in [1.82, 2.24) is 9.62 Å². The maximum atomic E-state index is 12.4. The number of hydrogen-bond acceptors (Lipinski definition) is 5. The molecular weight excluding hydrogens is 292 g/mol. The minimum Gasteiger partial charge on any atom is -0.465 e. The Kier molecular flexibility index (Phi) is 5.08. The van der Waals surface area contributed by atoms with E-state index in [0.29, 0.717) is 36.2 Å². The lowest BCUT2D eigenvalue weighted by atomic mass is 10.2. The number of hydrogen-bond donors (Lipinski definition) is 2. The highest BCUT2D eigenvalue weighted by molar-refractivity contribution is 7.89. The number of nitrogens with zero attached hydrogens (tertiary/aromatic N) is 1. The van der Waals surface area contributed by atoms with E-state index in [9.17, 15) is 13.5 Å².